The van der Waals surface area contributed by atoms with Crippen molar-refractivity contribution in [2.45, 2.75) is 69.9 Å². The van der Waals surface area contributed by atoms with Crippen molar-refractivity contribution in [1.29, 1.82) is 0 Å². The van der Waals surface area contributed by atoms with E-state index in [4.69, 9.17) is 11.2 Å². The van der Waals surface area contributed by atoms with Crippen molar-refractivity contribution in [3.8, 4) is 47.9 Å². The Kier molecular flexibility index (Phi) is 9.18. The number of hydrogen-bond acceptors (Lipinski definition) is 5. The van der Waals surface area contributed by atoms with Crippen LogP contribution in [0.5, 0.6) is 0 Å². The highest BCUT2D eigenvalue weighted by molar-refractivity contribution is 7.89. The van der Waals surface area contributed by atoms with Gasteiger partial charge in [0.2, 0.25) is 10.0 Å². The fraction of sp³-hybridized carbons (Fsp3) is 0.444. The normalized spacial score (nSPS) is 18.9. The van der Waals surface area contributed by atoms with Gasteiger partial charge in [-0.1, -0.05) is 51.4 Å². The molecule has 0 spiro atoms. The van der Waals surface area contributed by atoms with Crippen molar-refractivity contribution in [3.63, 3.8) is 0 Å². The van der Waals surface area contributed by atoms with Crippen LogP contribution in [0.1, 0.15) is 56.9 Å². The highest BCUT2D eigenvalue weighted by atomic mass is 32.2. The zero-order valence-electron chi connectivity index (χ0n) is 19.5. The van der Waals surface area contributed by atoms with E-state index in [1.807, 2.05) is 6.92 Å². The number of ether oxygens (including phenoxy) is 1. The smallest absolute Gasteiger partial charge is 0.242 e. The summed E-state index contributed by atoms with van der Waals surface area (Å²) >= 11 is 1.46. The number of terminal acetylenes is 1. The van der Waals surface area contributed by atoms with E-state index in [9.17, 15) is 8.42 Å². The molecule has 1 fully saturated rings. The maximum Gasteiger partial charge on any atom is 0.242 e. The predicted octanol–water partition coefficient (Wildman–Crippen LogP) is 4.62. The minimum Gasteiger partial charge on any atom is -0.359 e. The molecule has 0 amide bonds. The fourth-order valence-electron chi connectivity index (χ4n) is 3.78. The van der Waals surface area contributed by atoms with Crippen LogP contribution < -0.4 is 4.72 Å². The van der Waals surface area contributed by atoms with E-state index in [1.165, 1.54) is 30.6 Å². The Morgan fingerprint density at radius 3 is 2.62 bits per heavy atom. The Bertz CT molecular complexity index is 1350. The van der Waals surface area contributed by atoms with Crippen LogP contribution in [0, 0.1) is 60.2 Å². The number of aromatic nitrogens is 1. The van der Waals surface area contributed by atoms with Crippen molar-refractivity contribution in [1.82, 2.24) is 9.71 Å². The Hall–Kier alpha value is -2.78. The summed E-state index contributed by atoms with van der Waals surface area (Å²) in [5.74, 6) is 18.4. The molecule has 2 heterocycles. The molecule has 2 aromatic rings. The lowest BCUT2D eigenvalue weighted by Crippen LogP contribution is -2.59. The molecule has 1 aromatic carbocycles. The summed E-state index contributed by atoms with van der Waals surface area (Å²) in [6.07, 6.45) is 11.9. The number of fused-ring (bicyclic) bond motifs is 1. The molecule has 2 unspecified atom stereocenters. The van der Waals surface area contributed by atoms with E-state index in [2.05, 4.69) is 58.1 Å². The van der Waals surface area contributed by atoms with Crippen molar-refractivity contribution in [2.24, 2.45) is 5.41 Å². The van der Waals surface area contributed by atoms with Gasteiger partial charge in [-0.25, -0.2) is 13.4 Å². The minimum absolute atomic E-state index is 0.185. The van der Waals surface area contributed by atoms with E-state index in [1.54, 1.807) is 18.2 Å². The molecule has 5 nitrogen and oxygen atoms in total. The van der Waals surface area contributed by atoms with Crippen LogP contribution in [-0.2, 0) is 14.8 Å². The number of hydrogen-bond donors (Lipinski definition) is 1. The maximum atomic E-state index is 13.1. The van der Waals surface area contributed by atoms with Gasteiger partial charge in [-0.2, -0.15) is 4.72 Å². The second-order valence-corrected chi connectivity index (χ2v) is 11.2. The van der Waals surface area contributed by atoms with Gasteiger partial charge in [0.05, 0.1) is 32.1 Å². The monoisotopic (exact) mass is 492 g/mol. The molecular weight excluding hydrogens is 464 g/mol. The summed E-state index contributed by atoms with van der Waals surface area (Å²) in [4.78, 5) is 4.58. The highest BCUT2D eigenvalue weighted by Crippen LogP contribution is 2.39. The summed E-state index contributed by atoms with van der Waals surface area (Å²) in [5.41, 5.74) is 0.160. The number of nitrogens with one attached hydrogen (secondary N) is 1. The zero-order chi connectivity index (χ0) is 24.4. The first-order valence-corrected chi connectivity index (χ1v) is 13.7. The zero-order valence-corrected chi connectivity index (χ0v) is 21.2. The molecule has 34 heavy (non-hydrogen) atoms. The fourth-order valence-corrected chi connectivity index (χ4v) is 5.96. The van der Waals surface area contributed by atoms with Gasteiger partial charge in [0, 0.05) is 0 Å². The molecule has 0 aliphatic carbocycles. The van der Waals surface area contributed by atoms with Crippen molar-refractivity contribution in [2.75, 3.05) is 6.61 Å². The van der Waals surface area contributed by atoms with Gasteiger partial charge in [-0.15, -0.1) is 17.8 Å². The highest BCUT2D eigenvalue weighted by Gasteiger charge is 2.49. The van der Waals surface area contributed by atoms with Gasteiger partial charge in [0.25, 0.3) is 0 Å². The number of unbranched alkanes of at least 4 members (excludes halogenated alkanes) is 5. The largest absolute Gasteiger partial charge is 0.359 e. The van der Waals surface area contributed by atoms with E-state index in [0.717, 1.165) is 40.9 Å². The Morgan fingerprint density at radius 1 is 1.15 bits per heavy atom. The average Bonchev–Trinajstić information content (AvgIpc) is 3.19. The number of rotatable bonds is 10. The molecule has 0 saturated carbocycles. The molecule has 1 aliphatic rings. The van der Waals surface area contributed by atoms with E-state index in [0.29, 0.717) is 6.61 Å². The molecule has 2 atom stereocenters. The predicted molar refractivity (Wildman–Crippen MR) is 137 cm³/mol. The lowest BCUT2D eigenvalue weighted by Gasteiger charge is -2.45. The first-order chi connectivity index (χ1) is 16.4. The number of thiazole rings is 1. The lowest BCUT2D eigenvalue weighted by atomic mass is 9.78. The standard InChI is InChI=1S/C27H28N2O3S2/c1-4-6-8-10-12-14-18-27(19-15-13-11-9-7-5-2)21-32-26(27)29-34(30,31)23-16-17-24-25(20-23)33-22(3)28-24/h1,16-17,20,26,29H,5,7,9,11,13,15,19,21H2,2-3H3. The minimum atomic E-state index is -3.80. The van der Waals surface area contributed by atoms with Gasteiger partial charge in [0.15, 0.2) is 0 Å². The molecule has 1 saturated heterocycles. The van der Waals surface area contributed by atoms with Crippen LogP contribution in [0.15, 0.2) is 23.1 Å². The molecular formula is C27H28N2O3S2. The first-order valence-electron chi connectivity index (χ1n) is 11.4. The van der Waals surface area contributed by atoms with Gasteiger partial charge in [0.1, 0.15) is 6.23 Å². The van der Waals surface area contributed by atoms with E-state index in [-0.39, 0.29) is 4.90 Å². The van der Waals surface area contributed by atoms with Gasteiger partial charge < -0.3 is 4.74 Å². The lowest BCUT2D eigenvalue weighted by molar-refractivity contribution is -0.164. The Morgan fingerprint density at radius 2 is 1.88 bits per heavy atom. The molecule has 1 aliphatic heterocycles. The van der Waals surface area contributed by atoms with E-state index < -0.39 is 21.7 Å². The third-order valence-corrected chi connectivity index (χ3v) is 7.99. The second kappa shape index (κ2) is 12.1. The molecule has 0 bridgehead atoms. The van der Waals surface area contributed by atoms with Gasteiger partial charge >= 0.3 is 0 Å². The summed E-state index contributed by atoms with van der Waals surface area (Å²) < 4.78 is 35.5. The molecule has 7 heteroatoms. The summed E-state index contributed by atoms with van der Waals surface area (Å²) in [6, 6.07) is 4.95. The molecule has 3 rings (SSSR count). The van der Waals surface area contributed by atoms with Crippen LogP contribution >= 0.6 is 11.3 Å². The van der Waals surface area contributed by atoms with Crippen LogP contribution in [-0.4, -0.2) is 26.2 Å². The summed E-state index contributed by atoms with van der Waals surface area (Å²) in [5, 5.41) is 0.890. The summed E-state index contributed by atoms with van der Waals surface area (Å²) in [7, 11) is -3.80. The second-order valence-electron chi connectivity index (χ2n) is 8.24. The quantitative estimate of drug-likeness (QED) is 0.388. The maximum absolute atomic E-state index is 13.1. The molecule has 1 N–H and O–H groups in total. The van der Waals surface area contributed by atoms with Crippen LogP contribution in [0.2, 0.25) is 0 Å². The van der Waals surface area contributed by atoms with Crippen LogP contribution in [0.3, 0.4) is 0 Å². The Labute approximate surface area is 207 Å². The van der Waals surface area contributed by atoms with Crippen molar-refractivity contribution in [3.05, 3.63) is 23.2 Å². The molecule has 176 valence electrons. The third-order valence-electron chi connectivity index (χ3n) is 5.66. The average molecular weight is 493 g/mol. The number of sulfonamides is 1. The van der Waals surface area contributed by atoms with Crippen molar-refractivity contribution >= 4 is 31.6 Å². The number of benzene rings is 1. The van der Waals surface area contributed by atoms with Crippen LogP contribution in [0.4, 0.5) is 0 Å². The van der Waals surface area contributed by atoms with Gasteiger partial charge in [-0.3, -0.25) is 0 Å². The first kappa shape index (κ1) is 25.8. The Balaban J connectivity index is 1.76. The number of aryl methyl sites for hydroxylation is 1. The van der Waals surface area contributed by atoms with Crippen LogP contribution in [0.25, 0.3) is 10.2 Å². The van der Waals surface area contributed by atoms with Crippen molar-refractivity contribution < 1.29 is 13.2 Å². The van der Waals surface area contributed by atoms with Gasteiger partial charge in [-0.05, 0) is 67.1 Å². The SMILES string of the molecule is C#CC#CC#CC#CC1(CCCCCCCC)COC1NS(=O)(=O)c1ccc2nc(C)sc2c1. The number of nitrogens with zero attached hydrogens (tertiary/aromatic N) is 1. The van der Waals surface area contributed by atoms with E-state index >= 15 is 0 Å². The molecule has 1 aromatic heterocycles. The molecule has 0 radical (unpaired) electrons. The topological polar surface area (TPSA) is 68.3 Å². The third kappa shape index (κ3) is 6.64. The summed E-state index contributed by atoms with van der Waals surface area (Å²) in [6.45, 7) is 4.44.